The minimum absolute atomic E-state index is 0.0331. The lowest BCUT2D eigenvalue weighted by Crippen LogP contribution is -2.38. The number of carbonyl (C=O) groups is 1. The molecule has 1 aliphatic rings. The molecule has 0 aromatic heterocycles. The molecule has 0 bridgehead atoms. The summed E-state index contributed by atoms with van der Waals surface area (Å²) < 4.78 is 43.2. The zero-order valence-corrected chi connectivity index (χ0v) is 19.5. The predicted octanol–water partition coefficient (Wildman–Crippen LogP) is 2.29. The van der Waals surface area contributed by atoms with Crippen molar-refractivity contribution < 1.29 is 27.4 Å². The first kappa shape index (κ1) is 23.9. The van der Waals surface area contributed by atoms with Gasteiger partial charge in [-0.15, -0.1) is 0 Å². The van der Waals surface area contributed by atoms with Crippen LogP contribution >= 0.6 is 0 Å². The Bertz CT molecular complexity index is 1050. The third-order valence-corrected chi connectivity index (χ3v) is 7.24. The molecule has 8 nitrogen and oxygen atoms in total. The smallest absolute Gasteiger partial charge is 0.257 e. The van der Waals surface area contributed by atoms with Gasteiger partial charge in [-0.05, 0) is 60.7 Å². The third-order valence-electron chi connectivity index (χ3n) is 5.34. The van der Waals surface area contributed by atoms with Crippen LogP contribution in [0.4, 0.5) is 0 Å². The van der Waals surface area contributed by atoms with Crippen LogP contribution in [0.5, 0.6) is 17.2 Å². The van der Waals surface area contributed by atoms with E-state index in [2.05, 4.69) is 5.32 Å². The van der Waals surface area contributed by atoms with Gasteiger partial charge in [0.2, 0.25) is 10.0 Å². The van der Waals surface area contributed by atoms with Crippen molar-refractivity contribution in [2.45, 2.75) is 26.3 Å². The van der Waals surface area contributed by atoms with Gasteiger partial charge >= 0.3 is 0 Å². The lowest BCUT2D eigenvalue weighted by Gasteiger charge is -2.29. The van der Waals surface area contributed by atoms with Crippen LogP contribution in [-0.4, -0.2) is 58.3 Å². The lowest BCUT2D eigenvalue weighted by molar-refractivity contribution is -0.123. The van der Waals surface area contributed by atoms with E-state index in [-0.39, 0.29) is 24.8 Å². The second-order valence-electron chi connectivity index (χ2n) is 7.68. The summed E-state index contributed by atoms with van der Waals surface area (Å²) in [5, 5.41) is 2.71. The van der Waals surface area contributed by atoms with E-state index in [9.17, 15) is 13.2 Å². The Morgan fingerprint density at radius 2 is 1.81 bits per heavy atom. The first-order valence-corrected chi connectivity index (χ1v) is 12.1. The number of nitrogens with zero attached hydrogens (tertiary/aromatic N) is 1. The average Bonchev–Trinajstić information content (AvgIpc) is 2.79. The van der Waals surface area contributed by atoms with Gasteiger partial charge in [-0.1, -0.05) is 12.1 Å². The van der Waals surface area contributed by atoms with E-state index in [1.165, 1.54) is 4.31 Å². The molecule has 0 unspecified atom stereocenters. The number of methoxy groups -OCH3 is 2. The van der Waals surface area contributed by atoms with Crippen molar-refractivity contribution in [3.63, 3.8) is 0 Å². The fraction of sp³-hybridized carbons (Fsp3) is 0.435. The van der Waals surface area contributed by atoms with Crippen molar-refractivity contribution in [2.24, 2.45) is 0 Å². The van der Waals surface area contributed by atoms with Crippen LogP contribution < -0.4 is 19.5 Å². The fourth-order valence-electron chi connectivity index (χ4n) is 3.61. The predicted molar refractivity (Wildman–Crippen MR) is 122 cm³/mol. The van der Waals surface area contributed by atoms with E-state index >= 15 is 0 Å². The molecule has 2 aromatic rings. The number of rotatable bonds is 10. The van der Waals surface area contributed by atoms with Crippen molar-refractivity contribution in [1.29, 1.82) is 0 Å². The van der Waals surface area contributed by atoms with Crippen molar-refractivity contribution in [2.75, 3.05) is 39.7 Å². The quantitative estimate of drug-likeness (QED) is 0.545. The van der Waals surface area contributed by atoms with Gasteiger partial charge in [0.15, 0.2) is 18.1 Å². The van der Waals surface area contributed by atoms with Crippen molar-refractivity contribution in [3.8, 4) is 17.2 Å². The molecule has 1 aliphatic heterocycles. The number of aryl methyl sites for hydroxylation is 1. The molecule has 174 valence electrons. The van der Waals surface area contributed by atoms with Crippen LogP contribution in [0.15, 0.2) is 36.4 Å². The number of benzene rings is 2. The molecular formula is C23H30N2O6S. The summed E-state index contributed by atoms with van der Waals surface area (Å²) in [7, 11) is -0.303. The first-order valence-electron chi connectivity index (χ1n) is 10.5. The highest BCUT2D eigenvalue weighted by atomic mass is 32.2. The van der Waals surface area contributed by atoms with Crippen molar-refractivity contribution >= 4 is 15.9 Å². The van der Waals surface area contributed by atoms with Crippen LogP contribution in [0.2, 0.25) is 0 Å². The Morgan fingerprint density at radius 3 is 2.50 bits per heavy atom. The molecule has 1 amide bonds. The molecule has 3 rings (SSSR count). The summed E-state index contributed by atoms with van der Waals surface area (Å²) in [4.78, 5) is 12.0. The molecular weight excluding hydrogens is 432 g/mol. The Balaban J connectivity index is 1.46. The second-order valence-corrected chi connectivity index (χ2v) is 9.77. The van der Waals surface area contributed by atoms with E-state index in [0.717, 1.165) is 16.7 Å². The maximum Gasteiger partial charge on any atom is 0.257 e. The Labute approximate surface area is 189 Å². The van der Waals surface area contributed by atoms with E-state index in [1.807, 2.05) is 37.3 Å². The van der Waals surface area contributed by atoms with E-state index in [1.54, 1.807) is 20.3 Å². The first-order chi connectivity index (χ1) is 15.3. The average molecular weight is 463 g/mol. The Morgan fingerprint density at radius 1 is 1.09 bits per heavy atom. The zero-order chi connectivity index (χ0) is 23.1. The minimum atomic E-state index is -3.44. The van der Waals surface area contributed by atoms with E-state index in [4.69, 9.17) is 14.2 Å². The van der Waals surface area contributed by atoms with Gasteiger partial charge in [0.05, 0.1) is 20.0 Å². The summed E-state index contributed by atoms with van der Waals surface area (Å²) in [6, 6.07) is 11.2. The van der Waals surface area contributed by atoms with Gasteiger partial charge in [-0.2, -0.15) is 4.31 Å². The number of ether oxygens (including phenoxy) is 3. The largest absolute Gasteiger partial charge is 0.493 e. The molecule has 0 atom stereocenters. The Kier molecular flexibility index (Phi) is 7.98. The van der Waals surface area contributed by atoms with Crippen LogP contribution in [0.25, 0.3) is 0 Å². The number of nitrogens with one attached hydrogen (secondary N) is 1. The summed E-state index contributed by atoms with van der Waals surface area (Å²) in [5.74, 6) is 1.54. The van der Waals surface area contributed by atoms with E-state index < -0.39 is 10.0 Å². The van der Waals surface area contributed by atoms with E-state index in [0.29, 0.717) is 43.2 Å². The highest BCUT2D eigenvalue weighted by molar-refractivity contribution is 7.89. The number of amides is 1. The molecule has 0 aliphatic carbocycles. The number of fused-ring (bicyclic) bond motifs is 1. The van der Waals surface area contributed by atoms with Crippen LogP contribution in [0.3, 0.4) is 0 Å². The fourth-order valence-corrected chi connectivity index (χ4v) is 5.08. The van der Waals surface area contributed by atoms with Crippen molar-refractivity contribution in [3.05, 3.63) is 53.1 Å². The number of carbonyl (C=O) groups excluding carboxylic acids is 1. The molecule has 1 N–H and O–H groups in total. The molecule has 0 saturated carbocycles. The van der Waals surface area contributed by atoms with Crippen LogP contribution in [0, 0.1) is 6.92 Å². The second kappa shape index (κ2) is 10.7. The van der Waals surface area contributed by atoms with Crippen LogP contribution in [-0.2, 0) is 27.8 Å². The van der Waals surface area contributed by atoms with Crippen molar-refractivity contribution in [1.82, 2.24) is 9.62 Å². The van der Waals surface area contributed by atoms with Crippen LogP contribution in [0.1, 0.15) is 23.1 Å². The minimum Gasteiger partial charge on any atom is -0.493 e. The SMILES string of the molecule is COc1cc2c(cc1OC)CN(S(=O)(=O)CCCNC(=O)COc1cccc(C)c1)CC2. The lowest BCUT2D eigenvalue weighted by atomic mass is 10.0. The standard InChI is InChI=1S/C23H30N2O6S/c1-17-6-4-7-20(12-17)31-16-23(26)24-9-5-11-32(27,28)25-10-8-18-13-21(29-2)22(30-3)14-19(18)15-25/h4,6-7,12-14H,5,8-11,15-16H2,1-3H3,(H,24,26). The molecule has 9 heteroatoms. The highest BCUT2D eigenvalue weighted by Gasteiger charge is 2.27. The van der Waals surface area contributed by atoms with Gasteiger partial charge in [-0.3, -0.25) is 4.79 Å². The van der Waals surface area contributed by atoms with Gasteiger partial charge in [0, 0.05) is 19.6 Å². The molecule has 0 saturated heterocycles. The maximum absolute atomic E-state index is 12.8. The van der Waals surface area contributed by atoms with Gasteiger partial charge in [0.1, 0.15) is 5.75 Å². The third kappa shape index (κ3) is 6.14. The highest BCUT2D eigenvalue weighted by Crippen LogP contribution is 2.33. The van der Waals surface area contributed by atoms with Gasteiger partial charge in [-0.25, -0.2) is 8.42 Å². The number of sulfonamides is 1. The summed E-state index contributed by atoms with van der Waals surface area (Å²) in [6.07, 6.45) is 0.940. The maximum atomic E-state index is 12.8. The molecule has 1 heterocycles. The molecule has 0 fully saturated rings. The summed E-state index contributed by atoms with van der Waals surface area (Å²) >= 11 is 0. The molecule has 0 spiro atoms. The monoisotopic (exact) mass is 462 g/mol. The topological polar surface area (TPSA) is 94.2 Å². The number of hydrogen-bond donors (Lipinski definition) is 1. The molecule has 2 aromatic carbocycles. The number of hydrogen-bond acceptors (Lipinski definition) is 6. The normalized spacial score (nSPS) is 13.8. The summed E-state index contributed by atoms with van der Waals surface area (Å²) in [5.41, 5.74) is 3.03. The zero-order valence-electron chi connectivity index (χ0n) is 18.7. The summed E-state index contributed by atoms with van der Waals surface area (Å²) in [6.45, 7) is 2.83. The Hall–Kier alpha value is -2.78. The molecule has 32 heavy (non-hydrogen) atoms. The van der Waals surface area contributed by atoms with Gasteiger partial charge in [0.25, 0.3) is 5.91 Å². The van der Waals surface area contributed by atoms with Gasteiger partial charge < -0.3 is 19.5 Å². The molecule has 0 radical (unpaired) electrons.